The summed E-state index contributed by atoms with van der Waals surface area (Å²) in [6, 6.07) is 0.500. The zero-order valence-electron chi connectivity index (χ0n) is 11.6. The van der Waals surface area contributed by atoms with Gasteiger partial charge in [-0.1, -0.05) is 33.6 Å². The first-order valence-electron chi connectivity index (χ1n) is 7.09. The molecule has 0 aromatic heterocycles. The maximum absolute atomic E-state index is 12.4. The van der Waals surface area contributed by atoms with Gasteiger partial charge in [0.1, 0.15) is 0 Å². The molecule has 0 aromatic rings. The van der Waals surface area contributed by atoms with Crippen molar-refractivity contribution in [3.63, 3.8) is 0 Å². The molecular formula is C14H26N2O. The van der Waals surface area contributed by atoms with E-state index in [2.05, 4.69) is 37.9 Å². The van der Waals surface area contributed by atoms with E-state index in [1.54, 1.807) is 0 Å². The Morgan fingerprint density at radius 3 is 2.53 bits per heavy atom. The van der Waals surface area contributed by atoms with Gasteiger partial charge in [0.15, 0.2) is 0 Å². The number of nitrogens with one attached hydrogen (secondary N) is 1. The van der Waals surface area contributed by atoms with Crippen LogP contribution in [-0.2, 0) is 4.79 Å². The molecule has 0 spiro atoms. The molecule has 1 saturated carbocycles. The van der Waals surface area contributed by atoms with Gasteiger partial charge in [-0.05, 0) is 31.6 Å². The smallest absolute Gasteiger partial charge is 0.241 e. The lowest BCUT2D eigenvalue weighted by molar-refractivity contribution is -0.133. The van der Waals surface area contributed by atoms with Gasteiger partial charge in [0.2, 0.25) is 5.91 Å². The van der Waals surface area contributed by atoms with Crippen molar-refractivity contribution in [1.29, 1.82) is 0 Å². The van der Waals surface area contributed by atoms with E-state index in [1.807, 2.05) is 0 Å². The zero-order valence-corrected chi connectivity index (χ0v) is 11.6. The Morgan fingerprint density at radius 1 is 1.29 bits per heavy atom. The molecule has 0 bridgehead atoms. The summed E-state index contributed by atoms with van der Waals surface area (Å²) in [5.74, 6) is 1.48. The zero-order chi connectivity index (χ0) is 12.6. The molecule has 2 aliphatic rings. The Labute approximate surface area is 105 Å². The SMILES string of the molecule is CC1CCCC(N2C(=O)C(C(C)C)NC2C)C1. The second-order valence-corrected chi connectivity index (χ2v) is 6.24. The first-order valence-corrected chi connectivity index (χ1v) is 7.09. The minimum Gasteiger partial charge on any atom is -0.323 e. The van der Waals surface area contributed by atoms with Gasteiger partial charge in [-0.25, -0.2) is 0 Å². The molecule has 2 rings (SSSR count). The van der Waals surface area contributed by atoms with Gasteiger partial charge in [0.25, 0.3) is 0 Å². The van der Waals surface area contributed by atoms with E-state index in [1.165, 1.54) is 25.7 Å². The van der Waals surface area contributed by atoms with Crippen molar-refractivity contribution in [1.82, 2.24) is 10.2 Å². The maximum atomic E-state index is 12.4. The molecule has 98 valence electrons. The highest BCUT2D eigenvalue weighted by Crippen LogP contribution is 2.31. The van der Waals surface area contributed by atoms with E-state index in [0.29, 0.717) is 17.9 Å². The fourth-order valence-corrected chi connectivity index (χ4v) is 3.39. The molecule has 0 radical (unpaired) electrons. The fourth-order valence-electron chi connectivity index (χ4n) is 3.39. The van der Waals surface area contributed by atoms with E-state index < -0.39 is 0 Å². The normalized spacial score (nSPS) is 39.1. The summed E-state index contributed by atoms with van der Waals surface area (Å²) in [7, 11) is 0. The molecule has 1 saturated heterocycles. The lowest BCUT2D eigenvalue weighted by atomic mass is 9.86. The van der Waals surface area contributed by atoms with Crippen LogP contribution in [0.2, 0.25) is 0 Å². The van der Waals surface area contributed by atoms with Gasteiger partial charge in [0.05, 0.1) is 12.2 Å². The van der Waals surface area contributed by atoms with Crippen LogP contribution < -0.4 is 5.32 Å². The Bertz CT molecular complexity index is 290. The molecule has 17 heavy (non-hydrogen) atoms. The van der Waals surface area contributed by atoms with E-state index in [9.17, 15) is 4.79 Å². The predicted octanol–water partition coefficient (Wildman–Crippen LogP) is 2.37. The summed E-state index contributed by atoms with van der Waals surface area (Å²) < 4.78 is 0. The first-order chi connectivity index (χ1) is 8.00. The van der Waals surface area contributed by atoms with Crippen molar-refractivity contribution in [3.05, 3.63) is 0 Å². The highest BCUT2D eigenvalue weighted by Gasteiger charge is 2.42. The van der Waals surface area contributed by atoms with Crippen molar-refractivity contribution in [2.45, 2.75) is 71.6 Å². The van der Waals surface area contributed by atoms with Gasteiger partial charge in [0, 0.05) is 6.04 Å². The Kier molecular flexibility index (Phi) is 3.76. The maximum Gasteiger partial charge on any atom is 0.241 e. The van der Waals surface area contributed by atoms with Crippen molar-refractivity contribution < 1.29 is 4.79 Å². The van der Waals surface area contributed by atoms with Gasteiger partial charge in [-0.3, -0.25) is 10.1 Å². The number of carbonyl (C=O) groups excluding carboxylic acids is 1. The number of carbonyl (C=O) groups is 1. The molecule has 3 heteroatoms. The Hall–Kier alpha value is -0.570. The highest BCUT2D eigenvalue weighted by molar-refractivity contribution is 5.84. The third-order valence-electron chi connectivity index (χ3n) is 4.33. The number of hydrogen-bond acceptors (Lipinski definition) is 2. The molecule has 1 aliphatic carbocycles. The Morgan fingerprint density at radius 2 is 2.00 bits per heavy atom. The number of nitrogens with zero attached hydrogens (tertiary/aromatic N) is 1. The van der Waals surface area contributed by atoms with Crippen molar-refractivity contribution in [2.24, 2.45) is 11.8 Å². The minimum atomic E-state index is 0.0298. The first kappa shape index (κ1) is 12.9. The molecule has 0 aromatic carbocycles. The second-order valence-electron chi connectivity index (χ2n) is 6.24. The molecule has 1 heterocycles. The minimum absolute atomic E-state index is 0.0298. The summed E-state index contributed by atoms with van der Waals surface area (Å²) in [6.07, 6.45) is 5.18. The Balaban J connectivity index is 2.07. The molecule has 2 fully saturated rings. The van der Waals surface area contributed by atoms with Crippen LogP contribution in [0.15, 0.2) is 0 Å². The average molecular weight is 238 g/mol. The lowest BCUT2D eigenvalue weighted by Gasteiger charge is -2.36. The standard InChI is InChI=1S/C14H26N2O/c1-9(2)13-14(17)16(11(4)15-13)12-7-5-6-10(3)8-12/h9-13,15H,5-8H2,1-4H3. The predicted molar refractivity (Wildman–Crippen MR) is 69.5 cm³/mol. The third kappa shape index (κ3) is 2.49. The molecule has 4 atom stereocenters. The van der Waals surface area contributed by atoms with Crippen molar-refractivity contribution >= 4 is 5.91 Å². The molecule has 1 N–H and O–H groups in total. The average Bonchev–Trinajstić information content (AvgIpc) is 2.54. The molecule has 1 amide bonds. The van der Waals surface area contributed by atoms with Gasteiger partial charge >= 0.3 is 0 Å². The number of hydrogen-bond donors (Lipinski definition) is 1. The second kappa shape index (κ2) is 4.97. The van der Waals surface area contributed by atoms with Crippen LogP contribution in [0.1, 0.15) is 53.4 Å². The summed E-state index contributed by atoms with van der Waals surface area (Å²) in [4.78, 5) is 14.6. The van der Waals surface area contributed by atoms with Gasteiger partial charge < -0.3 is 4.90 Å². The van der Waals surface area contributed by atoms with Crippen molar-refractivity contribution in [3.8, 4) is 0 Å². The van der Waals surface area contributed by atoms with Crippen LogP contribution in [-0.4, -0.2) is 29.1 Å². The quantitative estimate of drug-likeness (QED) is 0.801. The number of rotatable bonds is 2. The van der Waals surface area contributed by atoms with Crippen LogP contribution in [0, 0.1) is 11.8 Å². The van der Waals surface area contributed by atoms with E-state index in [-0.39, 0.29) is 12.2 Å². The van der Waals surface area contributed by atoms with E-state index >= 15 is 0 Å². The lowest BCUT2D eigenvalue weighted by Crippen LogP contribution is -2.45. The molecule has 3 nitrogen and oxygen atoms in total. The largest absolute Gasteiger partial charge is 0.323 e. The monoisotopic (exact) mass is 238 g/mol. The topological polar surface area (TPSA) is 32.3 Å². The van der Waals surface area contributed by atoms with E-state index in [4.69, 9.17) is 0 Å². The van der Waals surface area contributed by atoms with Crippen LogP contribution in [0.3, 0.4) is 0 Å². The highest BCUT2D eigenvalue weighted by atomic mass is 16.2. The van der Waals surface area contributed by atoms with Gasteiger partial charge in [-0.2, -0.15) is 0 Å². The van der Waals surface area contributed by atoms with Gasteiger partial charge in [-0.15, -0.1) is 0 Å². The summed E-state index contributed by atoms with van der Waals surface area (Å²) in [5.41, 5.74) is 0. The summed E-state index contributed by atoms with van der Waals surface area (Å²) in [5, 5.41) is 3.44. The van der Waals surface area contributed by atoms with Crippen LogP contribution in [0.25, 0.3) is 0 Å². The van der Waals surface area contributed by atoms with Crippen LogP contribution >= 0.6 is 0 Å². The fraction of sp³-hybridized carbons (Fsp3) is 0.929. The molecular weight excluding hydrogens is 212 g/mol. The van der Waals surface area contributed by atoms with Crippen molar-refractivity contribution in [2.75, 3.05) is 0 Å². The third-order valence-corrected chi connectivity index (χ3v) is 4.33. The van der Waals surface area contributed by atoms with Crippen LogP contribution in [0.5, 0.6) is 0 Å². The summed E-state index contributed by atoms with van der Waals surface area (Å²) >= 11 is 0. The summed E-state index contributed by atoms with van der Waals surface area (Å²) in [6.45, 7) is 8.68. The molecule has 4 unspecified atom stereocenters. The molecule has 1 aliphatic heterocycles. The van der Waals surface area contributed by atoms with Crippen LogP contribution in [0.4, 0.5) is 0 Å². The number of amides is 1. The van der Waals surface area contributed by atoms with E-state index in [0.717, 1.165) is 5.92 Å².